The molecular formula is C15H18ClN3O4S. The van der Waals surface area contributed by atoms with Crippen LogP contribution in [0.25, 0.3) is 0 Å². The lowest BCUT2D eigenvalue weighted by Crippen LogP contribution is -2.25. The second kappa shape index (κ2) is 7.78. The van der Waals surface area contributed by atoms with Crippen molar-refractivity contribution >= 4 is 27.6 Å². The van der Waals surface area contributed by atoms with Gasteiger partial charge < -0.3 is 4.74 Å². The molecule has 0 amide bonds. The number of sulfonamides is 1. The number of aromatic nitrogens is 2. The predicted octanol–water partition coefficient (Wildman–Crippen LogP) is 2.28. The first-order chi connectivity index (χ1) is 11.4. The minimum atomic E-state index is -3.98. The zero-order valence-corrected chi connectivity index (χ0v) is 14.9. The SMILES string of the molecule is CCOC(=O)c1c(S(=O)(=O)NCc2ccc(Cl)cc2)n[nH]c1CC. The fourth-order valence-electron chi connectivity index (χ4n) is 2.07. The van der Waals surface area contributed by atoms with Crippen molar-refractivity contribution in [1.29, 1.82) is 0 Å². The van der Waals surface area contributed by atoms with E-state index in [1.807, 2.05) is 0 Å². The second-order valence-electron chi connectivity index (χ2n) is 4.91. The highest BCUT2D eigenvalue weighted by Crippen LogP contribution is 2.19. The molecule has 0 bridgehead atoms. The monoisotopic (exact) mass is 371 g/mol. The molecule has 1 aromatic carbocycles. The summed E-state index contributed by atoms with van der Waals surface area (Å²) in [5.74, 6) is -0.713. The normalized spacial score (nSPS) is 11.5. The van der Waals surface area contributed by atoms with Gasteiger partial charge in [0.15, 0.2) is 0 Å². The smallest absolute Gasteiger partial charge is 0.343 e. The van der Waals surface area contributed by atoms with E-state index in [9.17, 15) is 13.2 Å². The fraction of sp³-hybridized carbons (Fsp3) is 0.333. The van der Waals surface area contributed by atoms with Crippen molar-refractivity contribution in [2.45, 2.75) is 31.8 Å². The topological polar surface area (TPSA) is 101 Å². The number of carbonyl (C=O) groups is 1. The predicted molar refractivity (Wildman–Crippen MR) is 89.4 cm³/mol. The van der Waals surface area contributed by atoms with Crippen LogP contribution in [-0.2, 0) is 27.7 Å². The zero-order chi connectivity index (χ0) is 17.7. The van der Waals surface area contributed by atoms with Crippen LogP contribution in [0, 0.1) is 0 Å². The highest BCUT2D eigenvalue weighted by molar-refractivity contribution is 7.89. The van der Waals surface area contributed by atoms with E-state index in [2.05, 4.69) is 14.9 Å². The molecule has 1 heterocycles. The van der Waals surface area contributed by atoms with Crippen molar-refractivity contribution in [3.05, 3.63) is 46.1 Å². The molecule has 1 aromatic heterocycles. The summed E-state index contributed by atoms with van der Waals surface area (Å²) in [6.45, 7) is 3.63. The molecule has 0 spiro atoms. The average Bonchev–Trinajstić information content (AvgIpc) is 2.99. The third-order valence-corrected chi connectivity index (χ3v) is 4.86. The van der Waals surface area contributed by atoms with E-state index in [0.29, 0.717) is 17.1 Å². The Morgan fingerprint density at radius 1 is 1.29 bits per heavy atom. The zero-order valence-electron chi connectivity index (χ0n) is 13.3. The van der Waals surface area contributed by atoms with Crippen LogP contribution >= 0.6 is 11.6 Å². The van der Waals surface area contributed by atoms with Gasteiger partial charge in [-0.3, -0.25) is 5.10 Å². The number of aryl methyl sites for hydroxylation is 1. The number of hydrogen-bond donors (Lipinski definition) is 2. The Hall–Kier alpha value is -1.90. The van der Waals surface area contributed by atoms with E-state index in [-0.39, 0.29) is 23.7 Å². The standard InChI is InChI=1S/C15H18ClN3O4S/c1-3-12-13(15(20)23-4-2)14(19-18-12)24(21,22)17-9-10-5-7-11(16)8-6-10/h5-8,17H,3-4,9H2,1-2H3,(H,18,19). The fourth-order valence-corrected chi connectivity index (χ4v) is 3.33. The van der Waals surface area contributed by atoms with Gasteiger partial charge >= 0.3 is 5.97 Å². The average molecular weight is 372 g/mol. The molecule has 2 N–H and O–H groups in total. The maximum atomic E-state index is 12.5. The van der Waals surface area contributed by atoms with Gasteiger partial charge in [0.25, 0.3) is 10.0 Å². The second-order valence-corrected chi connectivity index (χ2v) is 7.03. The molecule has 0 fully saturated rings. The maximum Gasteiger partial charge on any atom is 0.343 e. The van der Waals surface area contributed by atoms with Gasteiger partial charge in [0.1, 0.15) is 5.56 Å². The Bertz CT molecular complexity index is 816. The van der Waals surface area contributed by atoms with Gasteiger partial charge in [-0.15, -0.1) is 0 Å². The molecule has 9 heteroatoms. The van der Waals surface area contributed by atoms with Crippen LogP contribution in [0.1, 0.15) is 35.5 Å². The summed E-state index contributed by atoms with van der Waals surface area (Å²) in [7, 11) is -3.98. The van der Waals surface area contributed by atoms with Crippen LogP contribution in [0.2, 0.25) is 5.02 Å². The molecule has 0 aliphatic rings. The minimum absolute atomic E-state index is 0.0517. The van der Waals surface area contributed by atoms with E-state index >= 15 is 0 Å². The van der Waals surface area contributed by atoms with Crippen molar-refractivity contribution in [3.63, 3.8) is 0 Å². The summed E-state index contributed by atoms with van der Waals surface area (Å²) in [6, 6.07) is 6.75. The number of H-pyrrole nitrogens is 1. The number of rotatable bonds is 7. The van der Waals surface area contributed by atoms with Crippen molar-refractivity contribution < 1.29 is 17.9 Å². The lowest BCUT2D eigenvalue weighted by molar-refractivity contribution is 0.0520. The number of hydrogen-bond acceptors (Lipinski definition) is 5. The summed E-state index contributed by atoms with van der Waals surface area (Å²) in [5.41, 5.74) is 1.09. The lowest BCUT2D eigenvalue weighted by atomic mass is 10.2. The summed E-state index contributed by atoms with van der Waals surface area (Å²) < 4.78 is 32.4. The number of carbonyl (C=O) groups excluding carboxylic acids is 1. The van der Waals surface area contributed by atoms with Gasteiger partial charge in [0.05, 0.1) is 12.3 Å². The van der Waals surface area contributed by atoms with E-state index in [0.717, 1.165) is 5.56 Å². The third kappa shape index (κ3) is 4.14. The quantitative estimate of drug-likeness (QED) is 0.727. The maximum absolute atomic E-state index is 12.5. The van der Waals surface area contributed by atoms with Crippen molar-refractivity contribution in [2.75, 3.05) is 6.61 Å². The first kappa shape index (κ1) is 18.4. The Labute approximate surface area is 145 Å². The van der Waals surface area contributed by atoms with Crippen molar-refractivity contribution in [2.24, 2.45) is 0 Å². The Kier molecular flexibility index (Phi) is 5.98. The molecule has 7 nitrogen and oxygen atoms in total. The molecule has 0 aliphatic carbocycles. The van der Waals surface area contributed by atoms with Gasteiger partial charge in [-0.1, -0.05) is 30.7 Å². The number of ether oxygens (including phenoxy) is 1. The molecule has 2 rings (SSSR count). The first-order valence-electron chi connectivity index (χ1n) is 7.37. The molecule has 130 valence electrons. The van der Waals surface area contributed by atoms with Crippen LogP contribution in [0.15, 0.2) is 29.3 Å². The number of benzene rings is 1. The Balaban J connectivity index is 2.27. The minimum Gasteiger partial charge on any atom is -0.462 e. The largest absolute Gasteiger partial charge is 0.462 e. The van der Waals surface area contributed by atoms with Crippen LogP contribution in [0.3, 0.4) is 0 Å². The van der Waals surface area contributed by atoms with Crippen LogP contribution in [-0.4, -0.2) is 31.2 Å². The van der Waals surface area contributed by atoms with Gasteiger partial charge in [-0.25, -0.2) is 17.9 Å². The molecule has 24 heavy (non-hydrogen) atoms. The number of halogens is 1. The highest BCUT2D eigenvalue weighted by Gasteiger charge is 2.29. The highest BCUT2D eigenvalue weighted by atomic mass is 35.5. The van der Waals surface area contributed by atoms with E-state index < -0.39 is 16.0 Å². The Morgan fingerprint density at radius 3 is 2.54 bits per heavy atom. The molecule has 2 aromatic rings. The summed E-state index contributed by atoms with van der Waals surface area (Å²) in [4.78, 5) is 12.1. The third-order valence-electron chi connectivity index (χ3n) is 3.28. The number of nitrogens with zero attached hydrogens (tertiary/aromatic N) is 1. The lowest BCUT2D eigenvalue weighted by Gasteiger charge is -2.07. The van der Waals surface area contributed by atoms with E-state index in [1.54, 1.807) is 38.1 Å². The van der Waals surface area contributed by atoms with Gasteiger partial charge in [0.2, 0.25) is 5.03 Å². The van der Waals surface area contributed by atoms with E-state index in [4.69, 9.17) is 16.3 Å². The van der Waals surface area contributed by atoms with Gasteiger partial charge in [-0.2, -0.15) is 5.10 Å². The molecule has 0 saturated heterocycles. The number of aromatic amines is 1. The Morgan fingerprint density at radius 2 is 1.96 bits per heavy atom. The number of esters is 1. The molecule has 0 radical (unpaired) electrons. The first-order valence-corrected chi connectivity index (χ1v) is 9.23. The van der Waals surface area contributed by atoms with Crippen molar-refractivity contribution in [3.8, 4) is 0 Å². The van der Waals surface area contributed by atoms with E-state index in [1.165, 1.54) is 0 Å². The van der Waals surface area contributed by atoms with Crippen LogP contribution in [0.5, 0.6) is 0 Å². The molecule has 0 saturated carbocycles. The van der Waals surface area contributed by atoms with Crippen LogP contribution < -0.4 is 4.72 Å². The molecule has 0 aliphatic heterocycles. The number of nitrogens with one attached hydrogen (secondary N) is 2. The summed E-state index contributed by atoms with van der Waals surface area (Å²) in [6.07, 6.45) is 0.424. The molecular weight excluding hydrogens is 354 g/mol. The molecule has 0 unspecified atom stereocenters. The van der Waals surface area contributed by atoms with Crippen molar-refractivity contribution in [1.82, 2.24) is 14.9 Å². The summed E-state index contributed by atoms with van der Waals surface area (Å²) >= 11 is 5.80. The summed E-state index contributed by atoms with van der Waals surface area (Å²) in [5, 5.41) is 6.58. The van der Waals surface area contributed by atoms with Crippen LogP contribution in [0.4, 0.5) is 0 Å². The molecule has 0 atom stereocenters. The van der Waals surface area contributed by atoms with Gasteiger partial charge in [-0.05, 0) is 31.0 Å². The van der Waals surface area contributed by atoms with Gasteiger partial charge in [0, 0.05) is 11.6 Å².